The summed E-state index contributed by atoms with van der Waals surface area (Å²) in [7, 11) is 3.00. The summed E-state index contributed by atoms with van der Waals surface area (Å²) in [5.41, 5.74) is 2.35. The Kier molecular flexibility index (Phi) is 7.12. The lowest BCUT2D eigenvalue weighted by Crippen LogP contribution is -2.12. The van der Waals surface area contributed by atoms with Crippen LogP contribution in [0.3, 0.4) is 0 Å². The van der Waals surface area contributed by atoms with Gasteiger partial charge in [-0.05, 0) is 38.1 Å². The molecule has 0 saturated carbocycles. The molecule has 26 heavy (non-hydrogen) atoms. The Balaban J connectivity index is 2.15. The van der Waals surface area contributed by atoms with E-state index < -0.39 is 0 Å². The van der Waals surface area contributed by atoms with E-state index in [1.165, 1.54) is 21.6 Å². The van der Waals surface area contributed by atoms with Crippen molar-refractivity contribution in [3.05, 3.63) is 72.8 Å². The smallest absolute Gasteiger partial charge is 0.250 e. The quantitative estimate of drug-likeness (QED) is 0.488. The molecular formula is C20H20N2O2S2. The summed E-state index contributed by atoms with van der Waals surface area (Å²) in [6, 6.07) is 15.1. The van der Waals surface area contributed by atoms with Crippen LogP contribution in [-0.2, 0) is 9.59 Å². The third-order valence-electron chi connectivity index (χ3n) is 3.27. The first-order valence-electron chi connectivity index (χ1n) is 7.84. The molecule has 0 aliphatic heterocycles. The van der Waals surface area contributed by atoms with E-state index in [2.05, 4.69) is 23.8 Å². The largest absolute Gasteiger partial charge is 0.321 e. The predicted molar refractivity (Wildman–Crippen MR) is 111 cm³/mol. The number of anilines is 2. The van der Waals surface area contributed by atoms with Gasteiger partial charge in [0.1, 0.15) is 0 Å². The maximum absolute atomic E-state index is 11.9. The second kappa shape index (κ2) is 9.31. The number of nitrogens with one attached hydrogen (secondary N) is 2. The fraction of sp³-hybridized carbons (Fsp3) is 0.100. The lowest BCUT2D eigenvalue weighted by Gasteiger charge is -2.12. The maximum Gasteiger partial charge on any atom is 0.250 e. The van der Waals surface area contributed by atoms with Crippen LogP contribution in [0.25, 0.3) is 0 Å². The number of carbonyl (C=O) groups is 2. The van der Waals surface area contributed by atoms with Crippen molar-refractivity contribution in [3.8, 4) is 0 Å². The van der Waals surface area contributed by atoms with Gasteiger partial charge in [-0.1, -0.05) is 59.0 Å². The van der Waals surface area contributed by atoms with Crippen LogP contribution >= 0.6 is 21.6 Å². The number of hydrogen-bond acceptors (Lipinski definition) is 4. The normalized spacial score (nSPS) is 10.1. The molecule has 0 aliphatic carbocycles. The summed E-state index contributed by atoms with van der Waals surface area (Å²) in [4.78, 5) is 25.6. The average Bonchev–Trinajstić information content (AvgIpc) is 2.61. The monoisotopic (exact) mass is 384 g/mol. The van der Waals surface area contributed by atoms with Gasteiger partial charge in [-0.2, -0.15) is 0 Å². The van der Waals surface area contributed by atoms with E-state index in [1.54, 1.807) is 13.8 Å². The van der Waals surface area contributed by atoms with E-state index in [1.807, 2.05) is 48.5 Å². The van der Waals surface area contributed by atoms with E-state index in [0.29, 0.717) is 11.1 Å². The van der Waals surface area contributed by atoms with Gasteiger partial charge >= 0.3 is 0 Å². The molecule has 0 radical (unpaired) electrons. The Hall–Kier alpha value is -2.44. The zero-order valence-corrected chi connectivity index (χ0v) is 16.3. The van der Waals surface area contributed by atoms with Crippen molar-refractivity contribution in [2.45, 2.75) is 23.6 Å². The molecular weight excluding hydrogens is 364 g/mol. The molecule has 6 heteroatoms. The summed E-state index contributed by atoms with van der Waals surface area (Å²) >= 11 is 0. The van der Waals surface area contributed by atoms with Gasteiger partial charge in [0, 0.05) is 20.9 Å². The van der Waals surface area contributed by atoms with E-state index >= 15 is 0 Å². The third kappa shape index (κ3) is 5.54. The molecule has 2 aromatic rings. The number of para-hydroxylation sites is 2. The van der Waals surface area contributed by atoms with Crippen LogP contribution in [0, 0.1) is 0 Å². The highest BCUT2D eigenvalue weighted by Gasteiger charge is 2.11. The van der Waals surface area contributed by atoms with E-state index in [-0.39, 0.29) is 11.8 Å². The predicted octanol–water partition coefficient (Wildman–Crippen LogP) is 5.52. The SMILES string of the molecule is C=C(C)C(=O)Nc1ccccc1SSc1ccccc1NC(=O)C(=C)C. The van der Waals surface area contributed by atoms with Crippen molar-refractivity contribution in [1.82, 2.24) is 0 Å². The molecule has 0 aliphatic rings. The topological polar surface area (TPSA) is 58.2 Å². The van der Waals surface area contributed by atoms with Gasteiger partial charge in [-0.3, -0.25) is 9.59 Å². The van der Waals surface area contributed by atoms with Gasteiger partial charge in [0.15, 0.2) is 0 Å². The molecule has 0 aromatic heterocycles. The minimum Gasteiger partial charge on any atom is -0.321 e. The molecule has 0 unspecified atom stereocenters. The Morgan fingerprint density at radius 2 is 1.08 bits per heavy atom. The summed E-state index contributed by atoms with van der Waals surface area (Å²) in [5.74, 6) is -0.422. The van der Waals surface area contributed by atoms with Crippen LogP contribution in [0.4, 0.5) is 11.4 Å². The molecule has 4 nitrogen and oxygen atoms in total. The number of amides is 2. The lowest BCUT2D eigenvalue weighted by molar-refractivity contribution is -0.113. The summed E-state index contributed by atoms with van der Waals surface area (Å²) in [6.45, 7) is 10.6. The highest BCUT2D eigenvalue weighted by molar-refractivity contribution is 8.76. The number of rotatable bonds is 7. The van der Waals surface area contributed by atoms with Gasteiger partial charge < -0.3 is 10.6 Å². The summed E-state index contributed by atoms with van der Waals surface area (Å²) < 4.78 is 0. The molecule has 0 bridgehead atoms. The lowest BCUT2D eigenvalue weighted by atomic mass is 10.3. The zero-order chi connectivity index (χ0) is 19.1. The van der Waals surface area contributed by atoms with Crippen LogP contribution in [0.1, 0.15) is 13.8 Å². The highest BCUT2D eigenvalue weighted by Crippen LogP contribution is 2.43. The maximum atomic E-state index is 11.9. The van der Waals surface area contributed by atoms with Crippen molar-refractivity contribution < 1.29 is 9.59 Å². The van der Waals surface area contributed by atoms with E-state index in [4.69, 9.17) is 0 Å². The second-order valence-corrected chi connectivity index (χ2v) is 7.84. The minimum atomic E-state index is -0.211. The fourth-order valence-corrected chi connectivity index (χ4v) is 4.11. The molecule has 2 N–H and O–H groups in total. The molecule has 0 heterocycles. The Bertz CT molecular complexity index is 791. The van der Waals surface area contributed by atoms with Gasteiger partial charge in [0.05, 0.1) is 11.4 Å². The van der Waals surface area contributed by atoms with Crippen LogP contribution in [0.2, 0.25) is 0 Å². The van der Waals surface area contributed by atoms with Crippen molar-refractivity contribution >= 4 is 44.8 Å². The fourth-order valence-electron chi connectivity index (χ4n) is 1.83. The highest BCUT2D eigenvalue weighted by atomic mass is 33.1. The second-order valence-electron chi connectivity index (χ2n) is 5.63. The number of benzene rings is 2. The van der Waals surface area contributed by atoms with Crippen LogP contribution < -0.4 is 10.6 Å². The minimum absolute atomic E-state index is 0.211. The Labute approximate surface area is 161 Å². The molecule has 0 atom stereocenters. The molecule has 134 valence electrons. The summed E-state index contributed by atoms with van der Waals surface area (Å²) in [6.07, 6.45) is 0. The molecule has 2 aromatic carbocycles. The van der Waals surface area contributed by atoms with Gasteiger partial charge in [0.2, 0.25) is 0 Å². The van der Waals surface area contributed by atoms with Gasteiger partial charge in [-0.25, -0.2) is 0 Å². The molecule has 0 saturated heterocycles. The van der Waals surface area contributed by atoms with E-state index in [9.17, 15) is 9.59 Å². The molecule has 0 spiro atoms. The Morgan fingerprint density at radius 3 is 1.42 bits per heavy atom. The van der Waals surface area contributed by atoms with E-state index in [0.717, 1.165) is 21.2 Å². The number of carbonyl (C=O) groups excluding carboxylic acids is 2. The first kappa shape index (κ1) is 19.9. The standard InChI is InChI=1S/C20H20N2O2S2/c1-13(2)19(23)21-15-9-5-7-11-17(15)25-26-18-12-8-6-10-16(18)22-20(24)14(3)4/h5-12H,1,3H2,2,4H3,(H,21,23)(H,22,24). The molecule has 2 rings (SSSR count). The van der Waals surface area contributed by atoms with Crippen molar-refractivity contribution in [2.24, 2.45) is 0 Å². The first-order valence-corrected chi connectivity index (χ1v) is 9.99. The van der Waals surface area contributed by atoms with Crippen LogP contribution in [-0.4, -0.2) is 11.8 Å². The molecule has 0 fully saturated rings. The molecule has 2 amide bonds. The summed E-state index contributed by atoms with van der Waals surface area (Å²) in [5, 5.41) is 5.71. The third-order valence-corrected chi connectivity index (χ3v) is 5.75. The number of hydrogen-bond donors (Lipinski definition) is 2. The van der Waals surface area contributed by atoms with Gasteiger partial charge in [-0.15, -0.1) is 0 Å². The zero-order valence-electron chi connectivity index (χ0n) is 14.7. The average molecular weight is 385 g/mol. The van der Waals surface area contributed by atoms with Crippen LogP contribution in [0.15, 0.2) is 82.6 Å². The van der Waals surface area contributed by atoms with Crippen molar-refractivity contribution in [2.75, 3.05) is 10.6 Å². The van der Waals surface area contributed by atoms with Crippen LogP contribution in [0.5, 0.6) is 0 Å². The van der Waals surface area contributed by atoms with Crippen molar-refractivity contribution in [1.29, 1.82) is 0 Å². The Morgan fingerprint density at radius 1 is 0.731 bits per heavy atom. The van der Waals surface area contributed by atoms with Crippen molar-refractivity contribution in [3.63, 3.8) is 0 Å². The first-order chi connectivity index (χ1) is 12.4. The van der Waals surface area contributed by atoms with Gasteiger partial charge in [0.25, 0.3) is 11.8 Å².